The minimum absolute atomic E-state index is 0.000278. The summed E-state index contributed by atoms with van der Waals surface area (Å²) in [7, 11) is 0. The van der Waals surface area contributed by atoms with E-state index in [1.807, 2.05) is 0 Å². The van der Waals surface area contributed by atoms with E-state index in [1.54, 1.807) is 4.90 Å². The van der Waals surface area contributed by atoms with Gasteiger partial charge in [0, 0.05) is 18.3 Å². The van der Waals surface area contributed by atoms with Gasteiger partial charge in [-0.2, -0.15) is 0 Å². The van der Waals surface area contributed by atoms with Crippen molar-refractivity contribution in [2.24, 2.45) is 5.92 Å². The summed E-state index contributed by atoms with van der Waals surface area (Å²) in [5.74, 6) is 0.463. The molecule has 0 saturated carbocycles. The summed E-state index contributed by atoms with van der Waals surface area (Å²) in [5, 5.41) is 0.437. The summed E-state index contributed by atoms with van der Waals surface area (Å²) >= 11 is 10.7. The summed E-state index contributed by atoms with van der Waals surface area (Å²) in [4.78, 5) is 12.9. The predicted octanol–water partition coefficient (Wildman–Crippen LogP) is 1.62. The lowest BCUT2D eigenvalue weighted by molar-refractivity contribution is -0.125. The number of carbonyl (C=O) groups is 1. The van der Waals surface area contributed by atoms with E-state index in [4.69, 9.17) is 24.0 Å². The van der Waals surface area contributed by atoms with Crippen molar-refractivity contribution in [3.63, 3.8) is 0 Å². The van der Waals surface area contributed by atoms with E-state index in [1.165, 1.54) is 4.42 Å². The lowest BCUT2D eigenvalue weighted by Crippen LogP contribution is -2.34. The molecule has 0 aromatic heterocycles. The molecule has 3 nitrogen and oxygen atoms in total. The molecule has 1 aliphatic heterocycles. The molecule has 0 aromatic carbocycles. The molecule has 5 heteroatoms. The zero-order chi connectivity index (χ0) is 10.0. The minimum atomic E-state index is 0.000278. The smallest absolute Gasteiger partial charge is 0.249 e. The number of hydrogen-bond acceptors (Lipinski definition) is 2. The Morgan fingerprint density at radius 1 is 1.69 bits per heavy atom. The second-order valence-corrected chi connectivity index (χ2v) is 4.09. The largest absolute Gasteiger partial charge is 0.286 e. The molecule has 1 amide bonds. The van der Waals surface area contributed by atoms with Gasteiger partial charge in [0.05, 0.1) is 0 Å². The Bertz CT molecular complexity index is 234. The first-order valence-corrected chi connectivity index (χ1v) is 5.08. The quantitative estimate of drug-likeness (QED) is 0.534. The molecular weight excluding hydrogens is 208 g/mol. The van der Waals surface area contributed by atoms with Gasteiger partial charge in [0.25, 0.3) is 0 Å². The average molecular weight is 221 g/mol. The molecule has 1 aliphatic rings. The lowest BCUT2D eigenvalue weighted by Gasteiger charge is -2.19. The van der Waals surface area contributed by atoms with Crippen LogP contribution in [0.25, 0.3) is 0 Å². The maximum atomic E-state index is 11.4. The Hall–Kier alpha value is -0.350. The van der Waals surface area contributed by atoms with Gasteiger partial charge in [-0.05, 0) is 18.1 Å². The van der Waals surface area contributed by atoms with Crippen LogP contribution in [0.15, 0.2) is 0 Å². The SMILES string of the molecule is CCC(C)CN1C(=O)CN(Cl)C1=S. The molecule has 1 rings (SSSR count). The van der Waals surface area contributed by atoms with E-state index < -0.39 is 0 Å². The molecule has 0 aromatic rings. The van der Waals surface area contributed by atoms with Crippen molar-refractivity contribution in [3.8, 4) is 0 Å². The van der Waals surface area contributed by atoms with E-state index in [0.29, 0.717) is 17.6 Å². The fraction of sp³-hybridized carbons (Fsp3) is 0.750. The third kappa shape index (κ3) is 2.31. The van der Waals surface area contributed by atoms with Crippen LogP contribution in [-0.4, -0.2) is 33.4 Å². The summed E-state index contributed by atoms with van der Waals surface area (Å²) in [6.07, 6.45) is 1.04. The zero-order valence-electron chi connectivity index (χ0n) is 7.79. The van der Waals surface area contributed by atoms with Gasteiger partial charge in [-0.25, -0.2) is 0 Å². The highest BCUT2D eigenvalue weighted by atomic mass is 35.5. The molecule has 13 heavy (non-hydrogen) atoms. The first-order chi connectivity index (χ1) is 6.06. The Morgan fingerprint density at radius 3 is 2.69 bits per heavy atom. The highest BCUT2D eigenvalue weighted by molar-refractivity contribution is 7.80. The summed E-state index contributed by atoms with van der Waals surface area (Å²) in [6.45, 7) is 5.06. The normalized spacial score (nSPS) is 19.9. The van der Waals surface area contributed by atoms with Crippen molar-refractivity contribution >= 4 is 35.0 Å². The standard InChI is InChI=1S/C8H13ClN2OS/c1-3-6(2)4-10-7(12)5-11(9)8(10)13/h6H,3-5H2,1-2H3. The Labute approximate surface area is 88.7 Å². The fourth-order valence-corrected chi connectivity index (χ4v) is 1.56. The molecule has 0 N–H and O–H groups in total. The van der Waals surface area contributed by atoms with Gasteiger partial charge in [0.2, 0.25) is 5.91 Å². The van der Waals surface area contributed by atoms with E-state index in [0.717, 1.165) is 6.42 Å². The van der Waals surface area contributed by atoms with Gasteiger partial charge < -0.3 is 0 Å². The maximum absolute atomic E-state index is 11.4. The first-order valence-electron chi connectivity index (χ1n) is 4.34. The molecule has 0 spiro atoms. The van der Waals surface area contributed by atoms with Crippen LogP contribution in [0.4, 0.5) is 0 Å². The van der Waals surface area contributed by atoms with Crippen LogP contribution < -0.4 is 0 Å². The van der Waals surface area contributed by atoms with Crippen molar-refractivity contribution in [3.05, 3.63) is 0 Å². The molecule has 1 heterocycles. The molecule has 0 aliphatic carbocycles. The fourth-order valence-electron chi connectivity index (χ4n) is 1.13. The number of hydrogen-bond donors (Lipinski definition) is 0. The second kappa shape index (κ2) is 4.24. The van der Waals surface area contributed by atoms with Gasteiger partial charge in [-0.3, -0.25) is 14.1 Å². The summed E-state index contributed by atoms with van der Waals surface area (Å²) < 4.78 is 1.29. The highest BCUT2D eigenvalue weighted by Gasteiger charge is 2.32. The number of rotatable bonds is 3. The monoisotopic (exact) mass is 220 g/mol. The number of amides is 1. The van der Waals surface area contributed by atoms with Crippen molar-refractivity contribution in [2.45, 2.75) is 20.3 Å². The van der Waals surface area contributed by atoms with Crippen LogP contribution in [0.1, 0.15) is 20.3 Å². The molecule has 74 valence electrons. The predicted molar refractivity (Wildman–Crippen MR) is 56.3 cm³/mol. The lowest BCUT2D eigenvalue weighted by atomic mass is 10.1. The zero-order valence-corrected chi connectivity index (χ0v) is 9.36. The van der Waals surface area contributed by atoms with Gasteiger partial charge in [0.15, 0.2) is 5.11 Å². The first kappa shape index (κ1) is 10.7. The van der Waals surface area contributed by atoms with E-state index >= 15 is 0 Å². The van der Waals surface area contributed by atoms with Crippen molar-refractivity contribution in [1.29, 1.82) is 0 Å². The molecule has 0 radical (unpaired) electrons. The van der Waals surface area contributed by atoms with Gasteiger partial charge in [-0.1, -0.05) is 20.3 Å². The van der Waals surface area contributed by atoms with Crippen LogP contribution in [0.2, 0.25) is 0 Å². The third-order valence-corrected chi connectivity index (χ3v) is 3.03. The average Bonchev–Trinajstić information content (AvgIpc) is 2.32. The van der Waals surface area contributed by atoms with Crippen molar-refractivity contribution in [1.82, 2.24) is 9.32 Å². The second-order valence-electron chi connectivity index (χ2n) is 3.32. The number of thiocarbonyl (C=S) groups is 1. The molecule has 1 saturated heterocycles. The molecule has 0 bridgehead atoms. The molecule has 1 unspecified atom stereocenters. The van der Waals surface area contributed by atoms with Crippen LogP contribution in [0.3, 0.4) is 0 Å². The van der Waals surface area contributed by atoms with Crippen LogP contribution in [0.5, 0.6) is 0 Å². The number of halogens is 1. The van der Waals surface area contributed by atoms with E-state index in [2.05, 4.69) is 13.8 Å². The van der Waals surface area contributed by atoms with E-state index in [9.17, 15) is 4.79 Å². The van der Waals surface area contributed by atoms with Crippen LogP contribution in [0, 0.1) is 5.92 Å². The molecular formula is C8H13ClN2OS. The molecule has 1 atom stereocenters. The Kier molecular flexibility index (Phi) is 3.50. The van der Waals surface area contributed by atoms with Crippen LogP contribution in [-0.2, 0) is 4.79 Å². The van der Waals surface area contributed by atoms with Crippen LogP contribution >= 0.6 is 24.0 Å². The topological polar surface area (TPSA) is 23.6 Å². The van der Waals surface area contributed by atoms with Gasteiger partial charge >= 0.3 is 0 Å². The van der Waals surface area contributed by atoms with Crippen molar-refractivity contribution in [2.75, 3.05) is 13.1 Å². The number of nitrogens with zero attached hydrogens (tertiary/aromatic N) is 2. The van der Waals surface area contributed by atoms with Gasteiger partial charge in [0.1, 0.15) is 6.54 Å². The Morgan fingerprint density at radius 2 is 2.31 bits per heavy atom. The summed E-state index contributed by atoms with van der Waals surface area (Å²) in [5.41, 5.74) is 0. The minimum Gasteiger partial charge on any atom is -0.286 e. The number of carbonyl (C=O) groups excluding carboxylic acids is 1. The molecule has 1 fully saturated rings. The Balaban J connectivity index is 2.59. The van der Waals surface area contributed by atoms with E-state index in [-0.39, 0.29) is 12.5 Å². The third-order valence-electron chi connectivity index (χ3n) is 2.20. The van der Waals surface area contributed by atoms with Crippen molar-refractivity contribution < 1.29 is 4.79 Å². The highest BCUT2D eigenvalue weighted by Crippen LogP contribution is 2.15. The maximum Gasteiger partial charge on any atom is 0.249 e. The van der Waals surface area contributed by atoms with Gasteiger partial charge in [-0.15, -0.1) is 0 Å². The summed E-state index contributed by atoms with van der Waals surface area (Å²) in [6, 6.07) is 0.